The van der Waals surface area contributed by atoms with Crippen LogP contribution < -0.4 is 11.2 Å². The van der Waals surface area contributed by atoms with E-state index in [9.17, 15) is 14.0 Å². The van der Waals surface area contributed by atoms with Gasteiger partial charge in [0.2, 0.25) is 0 Å². The molecule has 2 heterocycles. The highest BCUT2D eigenvalue weighted by Crippen LogP contribution is 2.06. The molecule has 0 radical (unpaired) electrons. The van der Waals surface area contributed by atoms with Gasteiger partial charge in [0.15, 0.2) is 5.65 Å². The Labute approximate surface area is 80.9 Å². The lowest BCUT2D eigenvalue weighted by molar-refractivity contribution is 0.623. The molecule has 2 rings (SSSR count). The van der Waals surface area contributed by atoms with Gasteiger partial charge >= 0.3 is 5.69 Å². The second kappa shape index (κ2) is 2.91. The molecule has 0 unspecified atom stereocenters. The Bertz CT molecular complexity index is 618. The van der Waals surface area contributed by atoms with Crippen LogP contribution in [0.2, 0.25) is 0 Å². The smallest absolute Gasteiger partial charge is 0.272 e. The number of rotatable bonds is 0. The third kappa shape index (κ3) is 1.20. The summed E-state index contributed by atoms with van der Waals surface area (Å²) in [5.41, 5.74) is -1.58. The molecule has 2 aromatic heterocycles. The summed E-state index contributed by atoms with van der Waals surface area (Å²) in [5.74, 6) is -0.668. The highest BCUT2D eigenvalue weighted by molar-refractivity contribution is 6.18. The molecule has 0 spiro atoms. The first kappa shape index (κ1) is 8.89. The maximum atomic E-state index is 12.7. The minimum atomic E-state index is -0.803. The van der Waals surface area contributed by atoms with Gasteiger partial charge in [-0.1, -0.05) is 0 Å². The van der Waals surface area contributed by atoms with Crippen LogP contribution in [0.15, 0.2) is 21.9 Å². The molecule has 72 valence electrons. The van der Waals surface area contributed by atoms with Gasteiger partial charge in [-0.2, -0.15) is 4.09 Å². The van der Waals surface area contributed by atoms with Gasteiger partial charge in [-0.3, -0.25) is 9.78 Å². The van der Waals surface area contributed by atoms with Crippen molar-refractivity contribution in [3.8, 4) is 0 Å². The summed E-state index contributed by atoms with van der Waals surface area (Å²) in [6.07, 6.45) is 0.875. The van der Waals surface area contributed by atoms with Crippen LogP contribution in [0.25, 0.3) is 11.0 Å². The molecule has 0 fully saturated rings. The molecule has 0 aliphatic rings. The molecule has 0 aromatic carbocycles. The Morgan fingerprint density at radius 3 is 2.93 bits per heavy atom. The number of H-pyrrole nitrogens is 1. The molecule has 0 saturated carbocycles. The van der Waals surface area contributed by atoms with Gasteiger partial charge < -0.3 is 0 Å². The lowest BCUT2D eigenvalue weighted by Crippen LogP contribution is -2.26. The minimum Gasteiger partial charge on any atom is -0.272 e. The number of nitrogens with zero attached hydrogens (tertiary/aromatic N) is 2. The lowest BCUT2D eigenvalue weighted by Gasteiger charge is -1.98. The molecule has 0 aliphatic heterocycles. The second-order valence-electron chi connectivity index (χ2n) is 2.56. The summed E-state index contributed by atoms with van der Waals surface area (Å²) in [4.78, 5) is 27.6. The number of aromatic amines is 1. The Hall–Kier alpha value is -1.69. The van der Waals surface area contributed by atoms with E-state index < -0.39 is 17.1 Å². The lowest BCUT2D eigenvalue weighted by atomic mass is 10.3. The highest BCUT2D eigenvalue weighted by Gasteiger charge is 2.07. The minimum absolute atomic E-state index is 0.0678. The van der Waals surface area contributed by atoms with E-state index in [0.717, 1.165) is 12.3 Å². The topological polar surface area (TPSA) is 67.8 Å². The second-order valence-corrected chi connectivity index (χ2v) is 2.90. The fraction of sp³-hybridized carbons (Fsp3) is 0. The van der Waals surface area contributed by atoms with Crippen LogP contribution in [0.3, 0.4) is 0 Å². The highest BCUT2D eigenvalue weighted by atomic mass is 35.5. The summed E-state index contributed by atoms with van der Waals surface area (Å²) in [6.45, 7) is 0. The van der Waals surface area contributed by atoms with Crippen molar-refractivity contribution in [3.63, 3.8) is 0 Å². The fourth-order valence-electron chi connectivity index (χ4n) is 1.07. The monoisotopic (exact) mass is 215 g/mol. The normalized spacial score (nSPS) is 10.7. The summed E-state index contributed by atoms with van der Waals surface area (Å²) in [5, 5.41) is -0.0698. The first-order valence-electron chi connectivity index (χ1n) is 3.56. The SMILES string of the molecule is O=c1[nH]c(=O)n(Cl)c2ncc(F)cc12. The zero-order valence-electron chi connectivity index (χ0n) is 6.62. The Kier molecular flexibility index (Phi) is 1.85. The Balaban J connectivity index is 3.10. The number of fused-ring (bicyclic) bond motifs is 1. The van der Waals surface area contributed by atoms with E-state index in [1.165, 1.54) is 0 Å². The zero-order valence-corrected chi connectivity index (χ0v) is 7.38. The van der Waals surface area contributed by atoms with Crippen molar-refractivity contribution in [2.75, 3.05) is 0 Å². The van der Waals surface area contributed by atoms with Crippen LogP contribution in [-0.2, 0) is 0 Å². The molecule has 1 N–H and O–H groups in total. The predicted molar refractivity (Wildman–Crippen MR) is 47.8 cm³/mol. The van der Waals surface area contributed by atoms with Crippen molar-refractivity contribution >= 4 is 22.8 Å². The number of pyridine rings is 1. The van der Waals surface area contributed by atoms with Crippen LogP contribution in [0.4, 0.5) is 4.39 Å². The molecule has 0 amide bonds. The largest absolute Gasteiger partial charge is 0.345 e. The predicted octanol–water partition coefficient (Wildman–Crippen LogP) is 0.226. The van der Waals surface area contributed by atoms with Gasteiger partial charge in [0.05, 0.1) is 11.6 Å². The van der Waals surface area contributed by atoms with E-state index in [-0.39, 0.29) is 11.0 Å². The summed E-state index contributed by atoms with van der Waals surface area (Å²) < 4.78 is 13.3. The third-order valence-corrected chi connectivity index (χ3v) is 1.98. The van der Waals surface area contributed by atoms with Gasteiger partial charge in [0, 0.05) is 11.8 Å². The van der Waals surface area contributed by atoms with Crippen LogP contribution >= 0.6 is 11.8 Å². The molecular formula is C7H3ClFN3O2. The molecule has 0 bridgehead atoms. The first-order chi connectivity index (χ1) is 6.59. The fourth-order valence-corrected chi connectivity index (χ4v) is 1.24. The average Bonchev–Trinajstić information content (AvgIpc) is 2.14. The molecule has 0 saturated heterocycles. The van der Waals surface area contributed by atoms with Gasteiger partial charge in [0.25, 0.3) is 5.56 Å². The number of nitrogens with one attached hydrogen (secondary N) is 1. The zero-order chi connectivity index (χ0) is 10.3. The molecule has 0 atom stereocenters. The quantitative estimate of drug-likeness (QED) is 0.684. The summed E-state index contributed by atoms with van der Waals surface area (Å²) >= 11 is 5.50. The van der Waals surface area contributed by atoms with Gasteiger partial charge in [0.1, 0.15) is 5.82 Å². The standard InChI is InChI=1S/C7H3ClFN3O2/c8-12-5-4(1-3(9)2-10-5)6(13)11-7(12)14/h1-2H,(H,11,13,14). The average molecular weight is 216 g/mol. The van der Waals surface area contributed by atoms with E-state index >= 15 is 0 Å². The van der Waals surface area contributed by atoms with E-state index in [2.05, 4.69) is 4.98 Å². The number of halogens is 2. The van der Waals surface area contributed by atoms with Gasteiger partial charge in [-0.05, 0) is 6.07 Å². The van der Waals surface area contributed by atoms with Crippen LogP contribution in [0.1, 0.15) is 0 Å². The van der Waals surface area contributed by atoms with E-state index in [0.29, 0.717) is 4.09 Å². The Morgan fingerprint density at radius 2 is 2.21 bits per heavy atom. The van der Waals surface area contributed by atoms with E-state index in [4.69, 9.17) is 11.8 Å². The molecule has 5 nitrogen and oxygen atoms in total. The van der Waals surface area contributed by atoms with Crippen LogP contribution in [0, 0.1) is 5.82 Å². The Morgan fingerprint density at radius 1 is 1.50 bits per heavy atom. The van der Waals surface area contributed by atoms with Crippen molar-refractivity contribution in [3.05, 3.63) is 38.9 Å². The summed E-state index contributed by atoms with van der Waals surface area (Å²) in [7, 11) is 0. The van der Waals surface area contributed by atoms with Crippen LogP contribution in [-0.4, -0.2) is 14.1 Å². The maximum absolute atomic E-state index is 12.7. The van der Waals surface area contributed by atoms with Crippen molar-refractivity contribution < 1.29 is 4.39 Å². The molecule has 0 aliphatic carbocycles. The van der Waals surface area contributed by atoms with E-state index in [1.807, 2.05) is 4.98 Å². The van der Waals surface area contributed by atoms with Crippen LogP contribution in [0.5, 0.6) is 0 Å². The molecule has 14 heavy (non-hydrogen) atoms. The molecular weight excluding hydrogens is 213 g/mol. The first-order valence-corrected chi connectivity index (χ1v) is 3.90. The number of hydrogen-bond donors (Lipinski definition) is 1. The van der Waals surface area contributed by atoms with Gasteiger partial charge in [-0.25, -0.2) is 14.2 Å². The van der Waals surface area contributed by atoms with Gasteiger partial charge in [-0.15, -0.1) is 0 Å². The maximum Gasteiger partial charge on any atom is 0.345 e. The van der Waals surface area contributed by atoms with Crippen molar-refractivity contribution in [1.29, 1.82) is 0 Å². The van der Waals surface area contributed by atoms with Crippen molar-refractivity contribution in [2.24, 2.45) is 0 Å². The molecule has 2 aromatic rings. The van der Waals surface area contributed by atoms with E-state index in [1.54, 1.807) is 0 Å². The van der Waals surface area contributed by atoms with Crippen molar-refractivity contribution in [1.82, 2.24) is 14.1 Å². The third-order valence-electron chi connectivity index (χ3n) is 1.66. The van der Waals surface area contributed by atoms with Crippen molar-refractivity contribution in [2.45, 2.75) is 0 Å². The summed E-state index contributed by atoms with van der Waals surface area (Å²) in [6, 6.07) is 0.958. The molecule has 7 heteroatoms. The number of hydrogen-bond acceptors (Lipinski definition) is 3. The number of aromatic nitrogens is 3.